The van der Waals surface area contributed by atoms with Crippen LogP contribution in [0.5, 0.6) is 5.88 Å². The Morgan fingerprint density at radius 1 is 1.09 bits per heavy atom. The van der Waals surface area contributed by atoms with E-state index in [2.05, 4.69) is 57.2 Å². The van der Waals surface area contributed by atoms with Crippen LogP contribution in [-0.2, 0) is 6.54 Å². The van der Waals surface area contributed by atoms with Gasteiger partial charge in [-0.05, 0) is 50.2 Å². The Bertz CT molecular complexity index is 632. The first kappa shape index (κ1) is 19.8. The molecule has 0 spiro atoms. The van der Waals surface area contributed by atoms with Gasteiger partial charge < -0.3 is 9.30 Å². The summed E-state index contributed by atoms with van der Waals surface area (Å²) < 4.78 is 8.41. The van der Waals surface area contributed by atoms with Crippen molar-refractivity contribution < 1.29 is 4.74 Å². The molecule has 3 nitrogen and oxygen atoms in total. The molecule has 0 bridgehead atoms. The molecule has 0 fully saturated rings. The molecule has 0 aliphatic carbocycles. The summed E-state index contributed by atoms with van der Waals surface area (Å²) in [5.74, 6) is 2.13. The highest BCUT2D eigenvalue weighted by atomic mass is 35.5. The highest BCUT2D eigenvalue weighted by molar-refractivity contribution is 5.88. The molecule has 2 heterocycles. The Kier molecular flexibility index (Phi) is 7.40. The molecule has 0 aliphatic rings. The van der Waals surface area contributed by atoms with Crippen LogP contribution in [0.1, 0.15) is 51.8 Å². The van der Waals surface area contributed by atoms with Crippen molar-refractivity contribution in [1.82, 2.24) is 9.55 Å². The van der Waals surface area contributed by atoms with Gasteiger partial charge in [0.15, 0.2) is 0 Å². The first-order valence-corrected chi connectivity index (χ1v) is 8.49. The lowest BCUT2D eigenvalue weighted by molar-refractivity contribution is 0.281. The van der Waals surface area contributed by atoms with Crippen molar-refractivity contribution in [3.05, 3.63) is 23.5 Å². The van der Waals surface area contributed by atoms with Gasteiger partial charge in [-0.3, -0.25) is 0 Å². The first-order valence-electron chi connectivity index (χ1n) is 8.49. The Hall–Kier alpha value is -1.22. The monoisotopic (exact) mass is 338 g/mol. The van der Waals surface area contributed by atoms with Gasteiger partial charge >= 0.3 is 0 Å². The lowest BCUT2D eigenvalue weighted by Gasteiger charge is -2.13. The van der Waals surface area contributed by atoms with E-state index < -0.39 is 0 Å². The van der Waals surface area contributed by atoms with E-state index in [1.54, 1.807) is 0 Å². The minimum Gasteiger partial charge on any atom is -0.476 e. The maximum absolute atomic E-state index is 6.01. The maximum Gasteiger partial charge on any atom is 0.238 e. The second-order valence-electron chi connectivity index (χ2n) is 7.09. The second kappa shape index (κ2) is 8.58. The smallest absolute Gasteiger partial charge is 0.238 e. The molecule has 2 aromatic heterocycles. The number of nitrogens with zero attached hydrogens (tertiary/aromatic N) is 2. The molecular formula is C19H31ClN2O. The third-order valence-electron chi connectivity index (χ3n) is 4.38. The summed E-state index contributed by atoms with van der Waals surface area (Å²) in [4.78, 5) is 4.50. The van der Waals surface area contributed by atoms with E-state index in [1.807, 2.05) is 6.20 Å². The van der Waals surface area contributed by atoms with Gasteiger partial charge in [0.2, 0.25) is 5.88 Å². The fraction of sp³-hybridized carbons (Fsp3) is 0.632. The number of ether oxygens (including phenoxy) is 1. The number of halogens is 1. The van der Waals surface area contributed by atoms with Crippen molar-refractivity contribution in [3.8, 4) is 5.88 Å². The van der Waals surface area contributed by atoms with Gasteiger partial charge in [0.1, 0.15) is 5.52 Å². The van der Waals surface area contributed by atoms with Crippen molar-refractivity contribution in [1.29, 1.82) is 0 Å². The van der Waals surface area contributed by atoms with Gasteiger partial charge in [-0.15, -0.1) is 12.4 Å². The molecule has 2 aromatic rings. The summed E-state index contributed by atoms with van der Waals surface area (Å²) in [5, 5.41) is 1.27. The Morgan fingerprint density at radius 2 is 1.74 bits per heavy atom. The molecule has 0 aromatic carbocycles. The summed E-state index contributed by atoms with van der Waals surface area (Å²) in [6.45, 7) is 15.1. The normalized spacial score (nSPS) is 11.3. The lowest BCUT2D eigenvalue weighted by atomic mass is 10.1. The molecule has 0 radical (unpaired) electrons. The minimum atomic E-state index is 0. The predicted octanol–water partition coefficient (Wildman–Crippen LogP) is 5.55. The van der Waals surface area contributed by atoms with Crippen molar-refractivity contribution in [2.75, 3.05) is 6.61 Å². The van der Waals surface area contributed by atoms with Crippen LogP contribution in [0.25, 0.3) is 10.9 Å². The van der Waals surface area contributed by atoms with Crippen LogP contribution in [-0.4, -0.2) is 16.2 Å². The van der Waals surface area contributed by atoms with Crippen molar-refractivity contribution >= 4 is 23.3 Å². The summed E-state index contributed by atoms with van der Waals surface area (Å²) in [6.07, 6.45) is 4.10. The van der Waals surface area contributed by atoms with Gasteiger partial charge in [0.25, 0.3) is 0 Å². The topological polar surface area (TPSA) is 27.1 Å². The molecule has 2 rings (SSSR count). The number of fused-ring (bicyclic) bond motifs is 1. The Balaban J connectivity index is 0.00000264. The highest BCUT2D eigenvalue weighted by Crippen LogP contribution is 2.31. The van der Waals surface area contributed by atoms with Crippen LogP contribution in [0.2, 0.25) is 0 Å². The van der Waals surface area contributed by atoms with E-state index in [4.69, 9.17) is 4.74 Å². The van der Waals surface area contributed by atoms with Crippen LogP contribution >= 0.6 is 12.4 Å². The van der Waals surface area contributed by atoms with Crippen LogP contribution in [0.4, 0.5) is 0 Å². The zero-order chi connectivity index (χ0) is 16.3. The molecule has 0 saturated carbocycles. The zero-order valence-electron chi connectivity index (χ0n) is 15.3. The van der Waals surface area contributed by atoms with Crippen LogP contribution in [0.15, 0.2) is 12.3 Å². The molecule has 0 unspecified atom stereocenters. The van der Waals surface area contributed by atoms with Crippen molar-refractivity contribution in [2.24, 2.45) is 11.8 Å². The minimum absolute atomic E-state index is 0. The Labute approximate surface area is 146 Å². The van der Waals surface area contributed by atoms with E-state index in [9.17, 15) is 0 Å². The number of pyridine rings is 1. The molecule has 130 valence electrons. The number of hydrogen-bond acceptors (Lipinski definition) is 2. The summed E-state index contributed by atoms with van der Waals surface area (Å²) >= 11 is 0. The lowest BCUT2D eigenvalue weighted by Crippen LogP contribution is -2.07. The molecular weight excluding hydrogens is 308 g/mol. The third-order valence-corrected chi connectivity index (χ3v) is 4.38. The second-order valence-corrected chi connectivity index (χ2v) is 7.09. The fourth-order valence-corrected chi connectivity index (χ4v) is 2.73. The first-order chi connectivity index (χ1) is 10.4. The number of rotatable bonds is 7. The molecule has 0 amide bonds. The van der Waals surface area contributed by atoms with Gasteiger partial charge in [0, 0.05) is 23.8 Å². The summed E-state index contributed by atoms with van der Waals surface area (Å²) in [7, 11) is 0. The number of aryl methyl sites for hydroxylation is 2. The molecule has 0 saturated heterocycles. The van der Waals surface area contributed by atoms with E-state index in [0.717, 1.165) is 25.5 Å². The highest BCUT2D eigenvalue weighted by Gasteiger charge is 2.16. The standard InChI is InChI=1S/C19H30N2O.ClH/c1-13(2)8-11-21-16(6)15(5)17-7-10-20-19(18(17)21)22-12-9-14(3)4;/h7,10,13-14H,8-9,11-12H2,1-6H3;1H. The molecule has 4 heteroatoms. The quantitative estimate of drug-likeness (QED) is 0.662. The van der Waals surface area contributed by atoms with Crippen LogP contribution in [0, 0.1) is 25.7 Å². The zero-order valence-corrected chi connectivity index (χ0v) is 16.2. The van der Waals surface area contributed by atoms with Crippen molar-refractivity contribution in [3.63, 3.8) is 0 Å². The fourth-order valence-electron chi connectivity index (χ4n) is 2.73. The summed E-state index contributed by atoms with van der Waals surface area (Å²) in [6, 6.07) is 2.11. The van der Waals surface area contributed by atoms with E-state index >= 15 is 0 Å². The molecule has 0 N–H and O–H groups in total. The van der Waals surface area contributed by atoms with Crippen molar-refractivity contribution in [2.45, 2.75) is 60.9 Å². The van der Waals surface area contributed by atoms with E-state index in [-0.39, 0.29) is 12.4 Å². The molecule has 0 aliphatic heterocycles. The SMILES string of the molecule is Cc1c(C)n(CCC(C)C)c2c(OCCC(C)C)nccc12.Cl. The third kappa shape index (κ3) is 4.63. The van der Waals surface area contributed by atoms with Crippen LogP contribution < -0.4 is 4.74 Å². The number of hydrogen-bond donors (Lipinski definition) is 0. The largest absolute Gasteiger partial charge is 0.476 e. The molecule has 23 heavy (non-hydrogen) atoms. The van der Waals surface area contributed by atoms with Gasteiger partial charge in [-0.2, -0.15) is 0 Å². The average molecular weight is 339 g/mol. The number of aromatic nitrogens is 2. The van der Waals surface area contributed by atoms with Crippen LogP contribution in [0.3, 0.4) is 0 Å². The maximum atomic E-state index is 6.01. The summed E-state index contributed by atoms with van der Waals surface area (Å²) in [5.41, 5.74) is 3.84. The predicted molar refractivity (Wildman–Crippen MR) is 101 cm³/mol. The average Bonchev–Trinajstić information content (AvgIpc) is 2.70. The van der Waals surface area contributed by atoms with Gasteiger partial charge in [-0.25, -0.2) is 4.98 Å². The van der Waals surface area contributed by atoms with E-state index in [0.29, 0.717) is 11.8 Å². The van der Waals surface area contributed by atoms with E-state index in [1.165, 1.54) is 28.6 Å². The van der Waals surface area contributed by atoms with Gasteiger partial charge in [-0.1, -0.05) is 27.7 Å². The Morgan fingerprint density at radius 3 is 2.35 bits per heavy atom. The molecule has 0 atom stereocenters. The van der Waals surface area contributed by atoms with Gasteiger partial charge in [0.05, 0.1) is 6.61 Å².